The molecule has 5 heteroatoms. The topological polar surface area (TPSA) is 54.7 Å². The molecule has 98 valence electrons. The number of hydrogen-bond donors (Lipinski definition) is 1. The monoisotopic (exact) mass is 260 g/mol. The summed E-state index contributed by atoms with van der Waals surface area (Å²) >= 11 is 0. The lowest BCUT2D eigenvalue weighted by atomic mass is 10.1. The number of pyridine rings is 1. The Balaban J connectivity index is 2.20. The molecule has 0 fully saturated rings. The zero-order chi connectivity index (χ0) is 13.7. The predicted octanol–water partition coefficient (Wildman–Crippen LogP) is 3.00. The quantitative estimate of drug-likeness (QED) is 0.522. The van der Waals surface area contributed by atoms with Crippen molar-refractivity contribution in [2.75, 3.05) is 0 Å². The molecule has 0 radical (unpaired) electrons. The number of rotatable bonds is 4. The molecular weight excluding hydrogens is 247 g/mol. The van der Waals surface area contributed by atoms with Gasteiger partial charge in [0.2, 0.25) is 0 Å². The third-order valence-corrected chi connectivity index (χ3v) is 2.58. The molecule has 1 aromatic carbocycles. The molecule has 0 saturated heterocycles. The molecule has 0 saturated carbocycles. The number of ether oxygens (including phenoxy) is 1. The average Bonchev–Trinajstić information content (AvgIpc) is 2.46. The van der Waals surface area contributed by atoms with Gasteiger partial charge in [-0.15, -0.1) is 0 Å². The van der Waals surface area contributed by atoms with E-state index in [0.29, 0.717) is 11.3 Å². The molecule has 0 aliphatic carbocycles. The Morgan fingerprint density at radius 3 is 2.89 bits per heavy atom. The van der Waals surface area contributed by atoms with Crippen LogP contribution < -0.4 is 4.74 Å². The molecule has 1 aromatic heterocycles. The Hall–Kier alpha value is -2.43. The van der Waals surface area contributed by atoms with Gasteiger partial charge < -0.3 is 9.94 Å². The fourth-order valence-electron chi connectivity index (χ4n) is 1.60. The van der Waals surface area contributed by atoms with Crippen LogP contribution in [0.25, 0.3) is 0 Å². The lowest BCUT2D eigenvalue weighted by Gasteiger charge is -2.10. The van der Waals surface area contributed by atoms with Crippen LogP contribution in [-0.2, 0) is 6.61 Å². The molecule has 0 atom stereocenters. The van der Waals surface area contributed by atoms with Gasteiger partial charge in [0.1, 0.15) is 18.2 Å². The van der Waals surface area contributed by atoms with Gasteiger partial charge in [0.15, 0.2) is 0 Å². The molecule has 2 aromatic rings. The molecule has 0 amide bonds. The minimum atomic E-state index is -0.414. The van der Waals surface area contributed by atoms with Crippen molar-refractivity contribution in [3.8, 4) is 5.75 Å². The fraction of sp³-hybridized carbons (Fsp3) is 0.143. The van der Waals surface area contributed by atoms with Gasteiger partial charge in [0, 0.05) is 11.8 Å². The molecule has 1 heterocycles. The van der Waals surface area contributed by atoms with Crippen LogP contribution in [0.2, 0.25) is 0 Å². The normalized spacial score (nSPS) is 11.4. The Labute approximate surface area is 110 Å². The van der Waals surface area contributed by atoms with E-state index in [9.17, 15) is 4.39 Å². The Morgan fingerprint density at radius 1 is 1.37 bits per heavy atom. The van der Waals surface area contributed by atoms with Crippen LogP contribution in [0.1, 0.15) is 18.2 Å². The maximum absolute atomic E-state index is 13.2. The summed E-state index contributed by atoms with van der Waals surface area (Å²) in [6.45, 7) is 1.83. The smallest absolute Gasteiger partial charge is 0.130 e. The zero-order valence-electron chi connectivity index (χ0n) is 10.4. The Morgan fingerprint density at radius 2 is 2.21 bits per heavy atom. The van der Waals surface area contributed by atoms with Gasteiger partial charge in [-0.3, -0.25) is 4.98 Å². The van der Waals surface area contributed by atoms with Gasteiger partial charge in [-0.2, -0.15) is 0 Å². The second kappa shape index (κ2) is 5.95. The maximum Gasteiger partial charge on any atom is 0.130 e. The predicted molar refractivity (Wildman–Crippen MR) is 69.0 cm³/mol. The number of oxime groups is 1. The van der Waals surface area contributed by atoms with E-state index < -0.39 is 5.82 Å². The summed E-state index contributed by atoms with van der Waals surface area (Å²) in [6, 6.07) is 9.57. The van der Waals surface area contributed by atoms with Crippen LogP contribution in [0, 0.1) is 5.82 Å². The highest BCUT2D eigenvalue weighted by atomic mass is 19.1. The molecule has 0 spiro atoms. The van der Waals surface area contributed by atoms with Crippen molar-refractivity contribution < 1.29 is 14.3 Å². The van der Waals surface area contributed by atoms with Crippen LogP contribution in [-0.4, -0.2) is 15.9 Å². The van der Waals surface area contributed by atoms with Crippen LogP contribution in [0.5, 0.6) is 5.75 Å². The summed E-state index contributed by atoms with van der Waals surface area (Å²) in [4.78, 5) is 4.13. The largest absolute Gasteiger partial charge is 0.487 e. The molecule has 19 heavy (non-hydrogen) atoms. The maximum atomic E-state index is 13.2. The molecule has 1 N–H and O–H groups in total. The highest BCUT2D eigenvalue weighted by Gasteiger charge is 2.09. The first-order chi connectivity index (χ1) is 9.20. The molecule has 4 nitrogen and oxygen atoms in total. The third kappa shape index (κ3) is 3.28. The second-order valence-electron chi connectivity index (χ2n) is 3.94. The van der Waals surface area contributed by atoms with Crippen molar-refractivity contribution in [1.29, 1.82) is 0 Å². The number of hydrogen-bond acceptors (Lipinski definition) is 4. The molecule has 0 aliphatic heterocycles. The number of benzene rings is 1. The van der Waals surface area contributed by atoms with Crippen molar-refractivity contribution in [2.24, 2.45) is 5.16 Å². The van der Waals surface area contributed by atoms with Gasteiger partial charge in [-0.05, 0) is 37.3 Å². The van der Waals surface area contributed by atoms with Crippen LogP contribution in [0.4, 0.5) is 4.39 Å². The van der Waals surface area contributed by atoms with Crippen LogP contribution in [0.15, 0.2) is 47.8 Å². The fourth-order valence-corrected chi connectivity index (χ4v) is 1.60. The van der Waals surface area contributed by atoms with Crippen molar-refractivity contribution in [3.63, 3.8) is 0 Å². The zero-order valence-corrected chi connectivity index (χ0v) is 10.4. The summed E-state index contributed by atoms with van der Waals surface area (Å²) in [5.41, 5.74) is 1.46. The van der Waals surface area contributed by atoms with E-state index in [1.165, 1.54) is 18.2 Å². The van der Waals surface area contributed by atoms with Crippen molar-refractivity contribution in [3.05, 3.63) is 59.7 Å². The van der Waals surface area contributed by atoms with Crippen molar-refractivity contribution in [1.82, 2.24) is 4.98 Å². The van der Waals surface area contributed by atoms with Crippen LogP contribution in [0.3, 0.4) is 0 Å². The van der Waals surface area contributed by atoms with Gasteiger partial charge in [0.25, 0.3) is 0 Å². The summed E-state index contributed by atoms with van der Waals surface area (Å²) in [5, 5.41) is 11.9. The van der Waals surface area contributed by atoms with E-state index in [-0.39, 0.29) is 12.3 Å². The van der Waals surface area contributed by atoms with Crippen LogP contribution >= 0.6 is 0 Å². The Kier molecular flexibility index (Phi) is 4.07. The summed E-state index contributed by atoms with van der Waals surface area (Å²) in [5.74, 6) is 0.0329. The SMILES string of the molecule is CC(=NO)c1cc(F)ccc1OCc1ccccn1. The van der Waals surface area contributed by atoms with Crippen molar-refractivity contribution in [2.45, 2.75) is 13.5 Å². The highest BCUT2D eigenvalue weighted by Crippen LogP contribution is 2.21. The summed E-state index contributed by atoms with van der Waals surface area (Å²) in [6.07, 6.45) is 1.67. The lowest BCUT2D eigenvalue weighted by Crippen LogP contribution is -2.04. The van der Waals surface area contributed by atoms with E-state index in [1.807, 2.05) is 18.2 Å². The van der Waals surface area contributed by atoms with E-state index in [2.05, 4.69) is 10.1 Å². The molecule has 0 aliphatic rings. The van der Waals surface area contributed by atoms with Gasteiger partial charge >= 0.3 is 0 Å². The Bertz CT molecular complexity index is 585. The van der Waals surface area contributed by atoms with E-state index in [0.717, 1.165) is 5.69 Å². The lowest BCUT2D eigenvalue weighted by molar-refractivity contribution is 0.298. The summed E-state index contributed by atoms with van der Waals surface area (Å²) in [7, 11) is 0. The van der Waals surface area contributed by atoms with Gasteiger partial charge in [-0.25, -0.2) is 4.39 Å². The second-order valence-corrected chi connectivity index (χ2v) is 3.94. The average molecular weight is 260 g/mol. The molecular formula is C14H13FN2O2. The third-order valence-electron chi connectivity index (χ3n) is 2.58. The molecule has 0 unspecified atom stereocenters. The van der Waals surface area contributed by atoms with E-state index in [1.54, 1.807) is 13.1 Å². The minimum absolute atomic E-state index is 0.262. The first-order valence-corrected chi connectivity index (χ1v) is 5.72. The standard InChI is InChI=1S/C14H13FN2O2/c1-10(17-18)13-8-11(15)5-6-14(13)19-9-12-4-2-3-7-16-12/h2-8,18H,9H2,1H3. The highest BCUT2D eigenvalue weighted by molar-refractivity contribution is 6.00. The molecule has 0 bridgehead atoms. The number of aromatic nitrogens is 1. The number of halogens is 1. The summed E-state index contributed by atoms with van der Waals surface area (Å²) < 4.78 is 18.8. The van der Waals surface area contributed by atoms with E-state index >= 15 is 0 Å². The van der Waals surface area contributed by atoms with Gasteiger partial charge in [-0.1, -0.05) is 11.2 Å². The van der Waals surface area contributed by atoms with Crippen molar-refractivity contribution >= 4 is 5.71 Å². The number of nitrogens with zero attached hydrogens (tertiary/aromatic N) is 2. The first kappa shape index (κ1) is 13.0. The van der Waals surface area contributed by atoms with Gasteiger partial charge in [0.05, 0.1) is 11.4 Å². The van der Waals surface area contributed by atoms with E-state index in [4.69, 9.17) is 9.94 Å². The molecule has 2 rings (SSSR count). The first-order valence-electron chi connectivity index (χ1n) is 5.72. The minimum Gasteiger partial charge on any atom is -0.487 e.